The van der Waals surface area contributed by atoms with Crippen LogP contribution in [0.5, 0.6) is 0 Å². The summed E-state index contributed by atoms with van der Waals surface area (Å²) in [6.45, 7) is 0. The van der Waals surface area contributed by atoms with Gasteiger partial charge in [-0.3, -0.25) is 4.79 Å². The molecule has 2 heterocycles. The number of carbonyl (C=O) groups is 1. The maximum Gasteiger partial charge on any atom is 0.260 e. The molecule has 0 radical (unpaired) electrons. The highest BCUT2D eigenvalue weighted by molar-refractivity contribution is 6.30. The molecule has 8 heteroatoms. The first-order valence-corrected chi connectivity index (χ1v) is 7.24. The molecule has 0 saturated heterocycles. The van der Waals surface area contributed by atoms with Crippen LogP contribution in [0.15, 0.2) is 48.8 Å². The van der Waals surface area contributed by atoms with Crippen molar-refractivity contribution in [3.05, 3.63) is 64.9 Å². The van der Waals surface area contributed by atoms with Gasteiger partial charge in [0.2, 0.25) is 0 Å². The molecule has 0 aliphatic carbocycles. The molecule has 3 aromatic rings. The molecule has 118 valence electrons. The lowest BCUT2D eigenvalue weighted by atomic mass is 10.2. The standard InChI is InChI=1S/C16H11ClN6O/c17-11-3-1-4-12(7-11)23-15(10(8-18)9-21-23)22-16(24)13-5-2-6-20-14(13)19/h1-7,9H,(H2,19,20)(H,22,24). The van der Waals surface area contributed by atoms with Crippen LogP contribution in [0.2, 0.25) is 5.02 Å². The summed E-state index contributed by atoms with van der Waals surface area (Å²) in [7, 11) is 0. The summed E-state index contributed by atoms with van der Waals surface area (Å²) in [5, 5.41) is 16.6. The number of nitrogens with zero attached hydrogens (tertiary/aromatic N) is 4. The Morgan fingerprint density at radius 2 is 2.17 bits per heavy atom. The fraction of sp³-hybridized carbons (Fsp3) is 0. The Bertz CT molecular complexity index is 959. The highest BCUT2D eigenvalue weighted by Crippen LogP contribution is 2.23. The lowest BCUT2D eigenvalue weighted by Crippen LogP contribution is -2.18. The number of amides is 1. The van der Waals surface area contributed by atoms with Gasteiger partial charge in [-0.05, 0) is 30.3 Å². The summed E-state index contributed by atoms with van der Waals surface area (Å²) >= 11 is 5.99. The maximum absolute atomic E-state index is 12.4. The van der Waals surface area contributed by atoms with E-state index in [0.29, 0.717) is 10.7 Å². The van der Waals surface area contributed by atoms with E-state index in [4.69, 9.17) is 17.3 Å². The molecule has 0 spiro atoms. The van der Waals surface area contributed by atoms with Crippen molar-refractivity contribution in [2.75, 3.05) is 11.1 Å². The average Bonchev–Trinajstić information content (AvgIpc) is 2.97. The third-order valence-corrected chi connectivity index (χ3v) is 3.49. The summed E-state index contributed by atoms with van der Waals surface area (Å²) in [5.74, 6) is -0.156. The van der Waals surface area contributed by atoms with Crippen molar-refractivity contribution in [3.8, 4) is 11.8 Å². The van der Waals surface area contributed by atoms with Gasteiger partial charge in [-0.25, -0.2) is 9.67 Å². The zero-order chi connectivity index (χ0) is 17.1. The molecule has 0 bridgehead atoms. The van der Waals surface area contributed by atoms with Crippen molar-refractivity contribution in [2.45, 2.75) is 0 Å². The first-order valence-electron chi connectivity index (χ1n) is 6.86. The molecule has 1 amide bonds. The van der Waals surface area contributed by atoms with E-state index >= 15 is 0 Å². The monoisotopic (exact) mass is 338 g/mol. The molecule has 0 atom stereocenters. The normalized spacial score (nSPS) is 10.2. The number of rotatable bonds is 3. The molecule has 0 aliphatic rings. The molecule has 3 rings (SSSR count). The van der Waals surface area contributed by atoms with E-state index in [1.54, 1.807) is 36.4 Å². The van der Waals surface area contributed by atoms with E-state index in [-0.39, 0.29) is 22.8 Å². The van der Waals surface area contributed by atoms with Crippen LogP contribution >= 0.6 is 11.6 Å². The van der Waals surface area contributed by atoms with Gasteiger partial charge in [0.15, 0.2) is 5.82 Å². The van der Waals surface area contributed by atoms with Gasteiger partial charge >= 0.3 is 0 Å². The Hall–Kier alpha value is -3.37. The van der Waals surface area contributed by atoms with Gasteiger partial charge in [0, 0.05) is 11.2 Å². The smallest absolute Gasteiger partial charge is 0.260 e. The summed E-state index contributed by atoms with van der Waals surface area (Å²) in [6.07, 6.45) is 2.85. The van der Waals surface area contributed by atoms with Gasteiger partial charge in [-0.2, -0.15) is 10.4 Å². The van der Waals surface area contributed by atoms with Crippen molar-refractivity contribution in [1.82, 2.24) is 14.8 Å². The minimum absolute atomic E-state index is 0.0994. The minimum Gasteiger partial charge on any atom is -0.383 e. The molecular formula is C16H11ClN6O. The summed E-state index contributed by atoms with van der Waals surface area (Å²) < 4.78 is 1.43. The van der Waals surface area contributed by atoms with Crippen molar-refractivity contribution in [1.29, 1.82) is 5.26 Å². The number of nitrogens with one attached hydrogen (secondary N) is 1. The van der Waals surface area contributed by atoms with Gasteiger partial charge in [-0.15, -0.1) is 0 Å². The van der Waals surface area contributed by atoms with Gasteiger partial charge < -0.3 is 11.1 Å². The number of hydrogen-bond acceptors (Lipinski definition) is 5. The highest BCUT2D eigenvalue weighted by Gasteiger charge is 2.18. The second-order valence-corrected chi connectivity index (χ2v) is 5.24. The fourth-order valence-electron chi connectivity index (χ4n) is 2.14. The Balaban J connectivity index is 2.02. The number of benzene rings is 1. The Labute approximate surface area is 142 Å². The van der Waals surface area contributed by atoms with Crippen LogP contribution in [0.25, 0.3) is 5.69 Å². The van der Waals surface area contributed by atoms with Crippen LogP contribution in [0.1, 0.15) is 15.9 Å². The van der Waals surface area contributed by atoms with Crippen LogP contribution in [0.4, 0.5) is 11.6 Å². The molecule has 7 nitrogen and oxygen atoms in total. The Kier molecular flexibility index (Phi) is 4.14. The number of halogens is 1. The summed E-state index contributed by atoms with van der Waals surface area (Å²) in [6, 6.07) is 12.0. The van der Waals surface area contributed by atoms with Crippen molar-refractivity contribution < 1.29 is 4.79 Å². The van der Waals surface area contributed by atoms with E-state index < -0.39 is 5.91 Å². The molecule has 3 N–H and O–H groups in total. The number of nitrogen functional groups attached to an aromatic ring is 1. The lowest BCUT2D eigenvalue weighted by molar-refractivity contribution is 0.102. The van der Waals surface area contributed by atoms with E-state index in [1.165, 1.54) is 17.1 Å². The predicted molar refractivity (Wildman–Crippen MR) is 89.9 cm³/mol. The number of nitriles is 1. The number of aromatic nitrogens is 3. The van der Waals surface area contributed by atoms with Crippen LogP contribution in [-0.2, 0) is 0 Å². The maximum atomic E-state index is 12.4. The van der Waals surface area contributed by atoms with E-state index in [0.717, 1.165) is 0 Å². The van der Waals surface area contributed by atoms with Crippen molar-refractivity contribution >= 4 is 29.1 Å². The molecule has 0 fully saturated rings. The molecule has 2 aromatic heterocycles. The Morgan fingerprint density at radius 1 is 1.33 bits per heavy atom. The molecule has 0 aliphatic heterocycles. The second kappa shape index (κ2) is 6.40. The SMILES string of the molecule is N#Cc1cnn(-c2cccc(Cl)c2)c1NC(=O)c1cccnc1N. The zero-order valence-electron chi connectivity index (χ0n) is 12.3. The van der Waals surface area contributed by atoms with Gasteiger partial charge in [0.25, 0.3) is 5.91 Å². The topological polar surface area (TPSA) is 110 Å². The van der Waals surface area contributed by atoms with Gasteiger partial charge in [0.1, 0.15) is 17.5 Å². The third-order valence-electron chi connectivity index (χ3n) is 3.26. The number of pyridine rings is 1. The molecule has 0 unspecified atom stereocenters. The van der Waals surface area contributed by atoms with E-state index in [2.05, 4.69) is 15.4 Å². The lowest BCUT2D eigenvalue weighted by Gasteiger charge is -2.10. The molecule has 0 saturated carbocycles. The first-order chi connectivity index (χ1) is 11.6. The average molecular weight is 339 g/mol. The Morgan fingerprint density at radius 3 is 2.88 bits per heavy atom. The summed E-state index contributed by atoms with van der Waals surface area (Å²) in [4.78, 5) is 16.3. The van der Waals surface area contributed by atoms with Crippen molar-refractivity contribution in [3.63, 3.8) is 0 Å². The van der Waals surface area contributed by atoms with Crippen LogP contribution in [-0.4, -0.2) is 20.7 Å². The number of anilines is 2. The molecule has 24 heavy (non-hydrogen) atoms. The third kappa shape index (κ3) is 2.91. The van der Waals surface area contributed by atoms with Crippen LogP contribution < -0.4 is 11.1 Å². The number of carbonyl (C=O) groups excluding carboxylic acids is 1. The second-order valence-electron chi connectivity index (χ2n) is 4.80. The molecule has 1 aromatic carbocycles. The van der Waals surface area contributed by atoms with E-state index in [9.17, 15) is 10.1 Å². The van der Waals surface area contributed by atoms with Crippen molar-refractivity contribution in [2.24, 2.45) is 0 Å². The number of hydrogen-bond donors (Lipinski definition) is 2. The van der Waals surface area contributed by atoms with Crippen LogP contribution in [0.3, 0.4) is 0 Å². The number of nitrogens with two attached hydrogens (primary N) is 1. The largest absolute Gasteiger partial charge is 0.383 e. The first kappa shape index (κ1) is 15.5. The fourth-order valence-corrected chi connectivity index (χ4v) is 2.32. The highest BCUT2D eigenvalue weighted by atomic mass is 35.5. The summed E-state index contributed by atoms with van der Waals surface area (Å²) in [5.41, 5.74) is 6.75. The predicted octanol–water partition coefficient (Wildman–Crippen LogP) is 2.63. The quantitative estimate of drug-likeness (QED) is 0.762. The van der Waals surface area contributed by atoms with Crippen LogP contribution in [0, 0.1) is 11.3 Å². The van der Waals surface area contributed by atoms with E-state index in [1.807, 2.05) is 6.07 Å². The zero-order valence-corrected chi connectivity index (χ0v) is 13.0. The molecular weight excluding hydrogens is 328 g/mol. The van der Waals surface area contributed by atoms with Gasteiger partial charge in [0.05, 0.1) is 17.4 Å². The van der Waals surface area contributed by atoms with Gasteiger partial charge in [-0.1, -0.05) is 17.7 Å². The minimum atomic E-state index is -0.485.